The van der Waals surface area contributed by atoms with Gasteiger partial charge in [0.05, 0.1) is 25.1 Å². The molecule has 0 bridgehead atoms. The lowest BCUT2D eigenvalue weighted by Gasteiger charge is -2.32. The summed E-state index contributed by atoms with van der Waals surface area (Å²) in [6, 6.07) is 8.07. The van der Waals surface area contributed by atoms with Gasteiger partial charge in [-0.1, -0.05) is 35.1 Å². The number of nitrogens with zero attached hydrogens (tertiary/aromatic N) is 4. The third kappa shape index (κ3) is 8.68. The first-order chi connectivity index (χ1) is 18.9. The average molecular weight is 597 g/mol. The number of hydrogen-bond donors (Lipinski definition) is 4. The van der Waals surface area contributed by atoms with Crippen molar-refractivity contribution in [2.24, 2.45) is 5.92 Å². The van der Waals surface area contributed by atoms with Gasteiger partial charge in [0.25, 0.3) is 0 Å². The molecule has 40 heavy (non-hydrogen) atoms. The zero-order valence-electron chi connectivity index (χ0n) is 22.0. The van der Waals surface area contributed by atoms with Crippen LogP contribution in [0, 0.1) is 5.92 Å². The third-order valence-electron chi connectivity index (χ3n) is 7.10. The second kappa shape index (κ2) is 14.0. The number of carboxylic acids is 3. The quantitative estimate of drug-likeness (QED) is 0.333. The van der Waals surface area contributed by atoms with Gasteiger partial charge in [-0.05, 0) is 48.0 Å². The van der Waals surface area contributed by atoms with E-state index in [0.717, 1.165) is 43.3 Å². The number of carbonyl (C=O) groups is 4. The highest BCUT2D eigenvalue weighted by atomic mass is 35.5. The maximum atomic E-state index is 12.8. The Morgan fingerprint density at radius 3 is 2.17 bits per heavy atom. The summed E-state index contributed by atoms with van der Waals surface area (Å²) in [5, 5.41) is 40.9. The van der Waals surface area contributed by atoms with Crippen molar-refractivity contribution >= 4 is 46.9 Å². The number of aliphatic hydroxyl groups is 1. The zero-order chi connectivity index (χ0) is 29.4. The van der Waals surface area contributed by atoms with Crippen molar-refractivity contribution in [2.45, 2.75) is 50.0 Å². The summed E-state index contributed by atoms with van der Waals surface area (Å²) >= 11 is 7.46. The van der Waals surface area contributed by atoms with Crippen LogP contribution in [0.5, 0.6) is 0 Å². The predicted molar refractivity (Wildman–Crippen MR) is 145 cm³/mol. The molecule has 1 aromatic heterocycles. The Kier molecular flexibility index (Phi) is 11.0. The summed E-state index contributed by atoms with van der Waals surface area (Å²) in [5.41, 5.74) is -0.460. The van der Waals surface area contributed by atoms with Gasteiger partial charge in [-0.3, -0.25) is 19.3 Å². The Bertz CT molecular complexity index is 1160. The zero-order valence-corrected chi connectivity index (χ0v) is 23.6. The molecule has 0 saturated carbocycles. The van der Waals surface area contributed by atoms with Crippen LogP contribution in [0.1, 0.15) is 55.7 Å². The van der Waals surface area contributed by atoms with Crippen LogP contribution in [0.25, 0.3) is 0 Å². The van der Waals surface area contributed by atoms with Crippen LogP contribution in [-0.2, 0) is 19.2 Å². The fourth-order valence-electron chi connectivity index (χ4n) is 5.12. The molecule has 0 spiro atoms. The highest BCUT2D eigenvalue weighted by Crippen LogP contribution is 2.39. The summed E-state index contributed by atoms with van der Waals surface area (Å²) in [6.07, 6.45) is 0.0573. The van der Waals surface area contributed by atoms with Gasteiger partial charge in [-0.2, -0.15) is 0 Å². The number of carbonyl (C=O) groups excluding carboxylic acids is 1. The molecule has 2 fully saturated rings. The topological polar surface area (TPSA) is 181 Å². The van der Waals surface area contributed by atoms with E-state index in [9.17, 15) is 19.2 Å². The summed E-state index contributed by atoms with van der Waals surface area (Å²) in [6.45, 7) is 6.22. The lowest BCUT2D eigenvalue weighted by molar-refractivity contribution is -0.170. The van der Waals surface area contributed by atoms with Crippen molar-refractivity contribution < 1.29 is 39.6 Å². The van der Waals surface area contributed by atoms with E-state index in [0.29, 0.717) is 18.4 Å². The SMILES string of the molecule is CC1CCCN(C(=O)CN2C[C@H](c3ccc(Cl)cc3)[C@@H](c3csnn3)C2)C1.O=C(O)CC(O)(CC(=O)O)C(=O)O. The molecule has 1 amide bonds. The number of benzene rings is 1. The van der Waals surface area contributed by atoms with Crippen molar-refractivity contribution in [1.29, 1.82) is 0 Å². The number of aliphatic carboxylic acids is 3. The number of amides is 1. The lowest BCUT2D eigenvalue weighted by Crippen LogP contribution is -2.44. The second-order valence-corrected chi connectivity index (χ2v) is 11.4. The Hall–Kier alpha value is -3.13. The maximum Gasteiger partial charge on any atom is 0.336 e. The average Bonchev–Trinajstić information content (AvgIpc) is 3.54. The van der Waals surface area contributed by atoms with E-state index in [2.05, 4.69) is 33.5 Å². The molecule has 2 aromatic rings. The van der Waals surface area contributed by atoms with E-state index in [-0.39, 0.29) is 11.8 Å². The van der Waals surface area contributed by atoms with Crippen molar-refractivity contribution in [3.8, 4) is 0 Å². The molecular weight excluding hydrogens is 564 g/mol. The molecule has 2 saturated heterocycles. The number of halogens is 1. The van der Waals surface area contributed by atoms with Gasteiger partial charge in [0.1, 0.15) is 0 Å². The Morgan fingerprint density at radius 2 is 1.65 bits per heavy atom. The Labute approximate surface area is 240 Å². The van der Waals surface area contributed by atoms with Crippen LogP contribution in [0.3, 0.4) is 0 Å². The highest BCUT2D eigenvalue weighted by Gasteiger charge is 2.41. The van der Waals surface area contributed by atoms with E-state index < -0.39 is 36.4 Å². The van der Waals surface area contributed by atoms with E-state index in [1.807, 2.05) is 22.4 Å². The molecule has 218 valence electrons. The fourth-order valence-corrected chi connectivity index (χ4v) is 5.76. The third-order valence-corrected chi connectivity index (χ3v) is 7.88. The molecule has 3 atom stereocenters. The molecule has 4 N–H and O–H groups in total. The van der Waals surface area contributed by atoms with Gasteiger partial charge in [0, 0.05) is 48.4 Å². The minimum absolute atomic E-state index is 0.258. The van der Waals surface area contributed by atoms with Crippen molar-refractivity contribution in [3.63, 3.8) is 0 Å². The van der Waals surface area contributed by atoms with Crippen LogP contribution in [-0.4, -0.2) is 102 Å². The summed E-state index contributed by atoms with van der Waals surface area (Å²) in [5.74, 6) is -3.59. The van der Waals surface area contributed by atoms with E-state index in [4.69, 9.17) is 32.0 Å². The molecular formula is C26H33ClN4O8S. The van der Waals surface area contributed by atoms with Crippen molar-refractivity contribution in [3.05, 3.63) is 45.9 Å². The molecule has 3 heterocycles. The number of hydrogen-bond acceptors (Lipinski definition) is 9. The van der Waals surface area contributed by atoms with Crippen LogP contribution in [0.4, 0.5) is 0 Å². The highest BCUT2D eigenvalue weighted by molar-refractivity contribution is 7.03. The fraction of sp³-hybridized carbons (Fsp3) is 0.538. The van der Waals surface area contributed by atoms with Gasteiger partial charge < -0.3 is 25.3 Å². The lowest BCUT2D eigenvalue weighted by atomic mass is 9.87. The summed E-state index contributed by atoms with van der Waals surface area (Å²) < 4.78 is 4.05. The standard InChI is InChI=1S/C20H25ClN4OS.C6H8O7/c1-14-3-2-8-25(9-14)20(26)12-24-10-17(15-4-6-16(21)7-5-15)18(11-24)19-13-27-23-22-19;7-3(8)1-6(13,5(11)12)2-4(9)10/h4-7,13-14,17-18H,2-3,8-12H2,1H3;13H,1-2H2,(H,7,8)(H,9,10)(H,11,12)/t14?,17-,18+;/m1./s1. The first-order valence-corrected chi connectivity index (χ1v) is 14.0. The molecule has 0 aliphatic carbocycles. The summed E-state index contributed by atoms with van der Waals surface area (Å²) in [7, 11) is 0. The monoisotopic (exact) mass is 596 g/mol. The van der Waals surface area contributed by atoms with E-state index in [1.54, 1.807) is 0 Å². The molecule has 14 heteroatoms. The van der Waals surface area contributed by atoms with Crippen molar-refractivity contribution in [2.75, 3.05) is 32.7 Å². The number of piperidine rings is 1. The maximum absolute atomic E-state index is 12.8. The largest absolute Gasteiger partial charge is 0.481 e. The smallest absolute Gasteiger partial charge is 0.336 e. The van der Waals surface area contributed by atoms with Crippen LogP contribution in [0.2, 0.25) is 5.02 Å². The molecule has 0 radical (unpaired) electrons. The first kappa shape index (κ1) is 31.4. The summed E-state index contributed by atoms with van der Waals surface area (Å²) in [4.78, 5) is 47.6. The number of rotatable bonds is 9. The number of likely N-dealkylation sites (tertiary alicyclic amines) is 2. The molecule has 2 aliphatic heterocycles. The van der Waals surface area contributed by atoms with Gasteiger partial charge in [-0.15, -0.1) is 5.10 Å². The van der Waals surface area contributed by atoms with Crippen LogP contribution < -0.4 is 0 Å². The normalized spacial score (nSPS) is 21.4. The molecule has 1 unspecified atom stereocenters. The van der Waals surface area contributed by atoms with E-state index in [1.165, 1.54) is 23.5 Å². The minimum Gasteiger partial charge on any atom is -0.481 e. The van der Waals surface area contributed by atoms with E-state index >= 15 is 0 Å². The molecule has 1 aromatic carbocycles. The predicted octanol–water partition coefficient (Wildman–Crippen LogP) is 2.38. The molecule has 4 rings (SSSR count). The van der Waals surface area contributed by atoms with Crippen molar-refractivity contribution in [1.82, 2.24) is 19.4 Å². The molecule has 2 aliphatic rings. The van der Waals surface area contributed by atoms with Crippen LogP contribution in [0.15, 0.2) is 29.6 Å². The first-order valence-electron chi connectivity index (χ1n) is 12.8. The second-order valence-electron chi connectivity index (χ2n) is 10.4. The van der Waals surface area contributed by atoms with Gasteiger partial charge in [0.2, 0.25) is 5.91 Å². The number of aromatic nitrogens is 2. The number of carboxylic acid groups (broad SMARTS) is 3. The van der Waals surface area contributed by atoms with Gasteiger partial charge in [-0.25, -0.2) is 4.79 Å². The molecule has 12 nitrogen and oxygen atoms in total. The van der Waals surface area contributed by atoms with Gasteiger partial charge >= 0.3 is 17.9 Å². The Balaban J connectivity index is 0.000000289. The van der Waals surface area contributed by atoms with Gasteiger partial charge in [0.15, 0.2) is 5.60 Å². The Morgan fingerprint density at radius 1 is 1.02 bits per heavy atom. The van der Waals surface area contributed by atoms with Crippen LogP contribution >= 0.6 is 23.1 Å². The minimum atomic E-state index is -2.74.